The number of aromatic nitrogens is 2. The summed E-state index contributed by atoms with van der Waals surface area (Å²) >= 11 is 0. The van der Waals surface area contributed by atoms with Gasteiger partial charge in [0, 0.05) is 6.42 Å². The highest BCUT2D eigenvalue weighted by atomic mass is 16.1. The Hall–Kier alpha value is -2.88. The maximum absolute atomic E-state index is 12.4. The van der Waals surface area contributed by atoms with E-state index in [1.165, 1.54) is 5.56 Å². The monoisotopic (exact) mass is 361 g/mol. The number of amides is 1. The molecule has 2 unspecified atom stereocenters. The standard InChI is InChI=1S/C23H27N3O/c1-17(13-14-19-9-5-3-6-10-19)15-22(27)25-18(2)23-24-16-21(26-23)20-11-7-4-8-12-20/h3-12,16-18H,13-15H2,1-2H3,(H,24,26)(H,25,27). The van der Waals surface area contributed by atoms with E-state index in [2.05, 4.69) is 46.5 Å². The topological polar surface area (TPSA) is 57.8 Å². The molecule has 2 aromatic carbocycles. The molecule has 2 atom stereocenters. The van der Waals surface area contributed by atoms with Crippen LogP contribution >= 0.6 is 0 Å². The number of aromatic amines is 1. The van der Waals surface area contributed by atoms with Crippen LogP contribution in [0, 0.1) is 5.92 Å². The molecule has 2 N–H and O–H groups in total. The van der Waals surface area contributed by atoms with Crippen LogP contribution in [-0.2, 0) is 11.2 Å². The van der Waals surface area contributed by atoms with Gasteiger partial charge < -0.3 is 10.3 Å². The molecule has 0 saturated carbocycles. The van der Waals surface area contributed by atoms with E-state index in [9.17, 15) is 4.79 Å². The third-order valence-electron chi connectivity index (χ3n) is 4.77. The van der Waals surface area contributed by atoms with Gasteiger partial charge in [0.05, 0.1) is 17.9 Å². The van der Waals surface area contributed by atoms with E-state index in [-0.39, 0.29) is 11.9 Å². The maximum atomic E-state index is 12.4. The number of imidazole rings is 1. The van der Waals surface area contributed by atoms with Crippen LogP contribution in [-0.4, -0.2) is 15.9 Å². The fraction of sp³-hybridized carbons (Fsp3) is 0.304. The Labute approximate surface area is 161 Å². The van der Waals surface area contributed by atoms with Gasteiger partial charge in [0.25, 0.3) is 0 Å². The molecule has 3 aromatic rings. The van der Waals surface area contributed by atoms with Crippen molar-refractivity contribution in [3.63, 3.8) is 0 Å². The first-order valence-corrected chi connectivity index (χ1v) is 9.55. The number of nitrogens with zero attached hydrogens (tertiary/aromatic N) is 1. The van der Waals surface area contributed by atoms with Gasteiger partial charge in [-0.15, -0.1) is 0 Å². The molecule has 0 bridgehead atoms. The van der Waals surface area contributed by atoms with Crippen LogP contribution in [0.25, 0.3) is 11.3 Å². The van der Waals surface area contributed by atoms with Gasteiger partial charge >= 0.3 is 0 Å². The molecular formula is C23H27N3O. The zero-order chi connectivity index (χ0) is 19.1. The number of rotatable bonds is 8. The van der Waals surface area contributed by atoms with Crippen molar-refractivity contribution < 1.29 is 4.79 Å². The van der Waals surface area contributed by atoms with Crippen molar-refractivity contribution in [2.75, 3.05) is 0 Å². The van der Waals surface area contributed by atoms with Gasteiger partial charge in [0.2, 0.25) is 5.91 Å². The summed E-state index contributed by atoms with van der Waals surface area (Å²) in [5, 5.41) is 3.06. The molecule has 4 nitrogen and oxygen atoms in total. The molecule has 0 radical (unpaired) electrons. The zero-order valence-electron chi connectivity index (χ0n) is 16.0. The van der Waals surface area contributed by atoms with E-state index in [1.807, 2.05) is 49.5 Å². The second-order valence-corrected chi connectivity index (χ2v) is 7.17. The number of carbonyl (C=O) groups is 1. The van der Waals surface area contributed by atoms with Crippen LogP contribution in [0.4, 0.5) is 0 Å². The number of hydrogen-bond acceptors (Lipinski definition) is 2. The lowest BCUT2D eigenvalue weighted by molar-refractivity contribution is -0.122. The van der Waals surface area contributed by atoms with Crippen molar-refractivity contribution in [1.82, 2.24) is 15.3 Å². The van der Waals surface area contributed by atoms with Crippen molar-refractivity contribution in [2.45, 2.75) is 39.2 Å². The molecule has 4 heteroatoms. The second kappa shape index (κ2) is 9.17. The van der Waals surface area contributed by atoms with Crippen LogP contribution in [0.15, 0.2) is 66.9 Å². The molecular weight excluding hydrogens is 334 g/mol. The molecule has 1 heterocycles. The molecule has 0 spiro atoms. The van der Waals surface area contributed by atoms with Crippen molar-refractivity contribution in [2.24, 2.45) is 5.92 Å². The zero-order valence-corrected chi connectivity index (χ0v) is 16.0. The van der Waals surface area contributed by atoms with E-state index in [0.717, 1.165) is 29.9 Å². The van der Waals surface area contributed by atoms with Gasteiger partial charge in [-0.1, -0.05) is 67.6 Å². The van der Waals surface area contributed by atoms with E-state index in [1.54, 1.807) is 0 Å². The predicted octanol–water partition coefficient (Wildman–Crippen LogP) is 4.91. The van der Waals surface area contributed by atoms with Gasteiger partial charge in [0.15, 0.2) is 0 Å². The molecule has 1 amide bonds. The molecule has 0 aliphatic rings. The Morgan fingerprint density at radius 3 is 2.41 bits per heavy atom. The molecule has 0 fully saturated rings. The Balaban J connectivity index is 1.48. The summed E-state index contributed by atoms with van der Waals surface area (Å²) in [5.41, 5.74) is 3.37. The molecule has 3 rings (SSSR count). The van der Waals surface area contributed by atoms with Crippen LogP contribution in [0.5, 0.6) is 0 Å². The molecule has 140 valence electrons. The summed E-state index contributed by atoms with van der Waals surface area (Å²) in [4.78, 5) is 20.1. The molecule has 1 aromatic heterocycles. The van der Waals surface area contributed by atoms with Crippen molar-refractivity contribution in [3.05, 3.63) is 78.2 Å². The highest BCUT2D eigenvalue weighted by molar-refractivity contribution is 5.76. The Morgan fingerprint density at radius 2 is 1.70 bits per heavy atom. The summed E-state index contributed by atoms with van der Waals surface area (Å²) in [5.74, 6) is 1.19. The molecule has 0 saturated heterocycles. The highest BCUT2D eigenvalue weighted by Gasteiger charge is 2.15. The average Bonchev–Trinajstić information content (AvgIpc) is 3.18. The van der Waals surface area contributed by atoms with E-state index in [4.69, 9.17) is 0 Å². The van der Waals surface area contributed by atoms with E-state index in [0.29, 0.717) is 12.3 Å². The minimum Gasteiger partial charge on any atom is -0.346 e. The summed E-state index contributed by atoms with van der Waals surface area (Å²) in [6, 6.07) is 20.3. The third kappa shape index (κ3) is 5.55. The summed E-state index contributed by atoms with van der Waals surface area (Å²) < 4.78 is 0. The molecule has 0 aliphatic carbocycles. The van der Waals surface area contributed by atoms with E-state index < -0.39 is 0 Å². The predicted molar refractivity (Wildman–Crippen MR) is 109 cm³/mol. The number of carbonyl (C=O) groups excluding carboxylic acids is 1. The first kappa shape index (κ1) is 18.9. The van der Waals surface area contributed by atoms with Gasteiger partial charge in [-0.2, -0.15) is 0 Å². The Morgan fingerprint density at radius 1 is 1.04 bits per heavy atom. The number of H-pyrrole nitrogens is 1. The van der Waals surface area contributed by atoms with Crippen molar-refractivity contribution >= 4 is 5.91 Å². The largest absolute Gasteiger partial charge is 0.346 e. The van der Waals surface area contributed by atoms with Gasteiger partial charge in [-0.3, -0.25) is 4.79 Å². The Kier molecular flexibility index (Phi) is 6.42. The van der Waals surface area contributed by atoms with Crippen LogP contribution in [0.2, 0.25) is 0 Å². The lowest BCUT2D eigenvalue weighted by Gasteiger charge is -2.15. The van der Waals surface area contributed by atoms with Crippen LogP contribution < -0.4 is 5.32 Å². The number of nitrogens with one attached hydrogen (secondary N) is 2. The SMILES string of the molecule is CC(CCc1ccccc1)CC(=O)NC(C)c1ncc(-c2ccccc2)[nH]1. The second-order valence-electron chi connectivity index (χ2n) is 7.17. The number of aryl methyl sites for hydroxylation is 1. The fourth-order valence-electron chi connectivity index (χ4n) is 3.17. The van der Waals surface area contributed by atoms with Gasteiger partial charge in [0.1, 0.15) is 5.82 Å². The summed E-state index contributed by atoms with van der Waals surface area (Å²) in [6.45, 7) is 4.09. The van der Waals surface area contributed by atoms with Gasteiger partial charge in [-0.05, 0) is 36.8 Å². The lowest BCUT2D eigenvalue weighted by atomic mass is 9.98. The van der Waals surface area contributed by atoms with Gasteiger partial charge in [-0.25, -0.2) is 4.98 Å². The van der Waals surface area contributed by atoms with Crippen LogP contribution in [0.3, 0.4) is 0 Å². The lowest BCUT2D eigenvalue weighted by Crippen LogP contribution is -2.28. The smallest absolute Gasteiger partial charge is 0.220 e. The Bertz CT molecular complexity index is 842. The number of benzene rings is 2. The average molecular weight is 361 g/mol. The quantitative estimate of drug-likeness (QED) is 0.599. The minimum atomic E-state index is -0.142. The summed E-state index contributed by atoms with van der Waals surface area (Å²) in [6.07, 6.45) is 4.35. The van der Waals surface area contributed by atoms with E-state index >= 15 is 0 Å². The third-order valence-corrected chi connectivity index (χ3v) is 4.77. The van der Waals surface area contributed by atoms with Crippen molar-refractivity contribution in [3.8, 4) is 11.3 Å². The molecule has 27 heavy (non-hydrogen) atoms. The first-order valence-electron chi connectivity index (χ1n) is 9.55. The minimum absolute atomic E-state index is 0.0701. The first-order chi connectivity index (χ1) is 13.1. The van der Waals surface area contributed by atoms with Crippen molar-refractivity contribution in [1.29, 1.82) is 0 Å². The maximum Gasteiger partial charge on any atom is 0.220 e. The number of hydrogen-bond donors (Lipinski definition) is 2. The van der Waals surface area contributed by atoms with Crippen LogP contribution in [0.1, 0.15) is 44.1 Å². The normalized spacial score (nSPS) is 13.1. The molecule has 0 aliphatic heterocycles. The highest BCUT2D eigenvalue weighted by Crippen LogP contribution is 2.19. The fourth-order valence-corrected chi connectivity index (χ4v) is 3.17. The summed E-state index contributed by atoms with van der Waals surface area (Å²) in [7, 11) is 0.